The van der Waals surface area contributed by atoms with Crippen LogP contribution >= 0.6 is 31.9 Å². The maximum atomic E-state index is 3.50. The molecule has 2 heteroatoms. The minimum Gasteiger partial charge on any atom is -0.0928 e. The first kappa shape index (κ1) is 12.0. The molecule has 0 rings (SSSR count). The molecule has 0 nitrogen and oxygen atoms in total. The summed E-state index contributed by atoms with van der Waals surface area (Å²) in [5, 5.41) is 2.32. The van der Waals surface area contributed by atoms with E-state index in [4.69, 9.17) is 0 Å². The molecule has 0 atom stereocenters. The number of alkyl halides is 2. The zero-order valence-corrected chi connectivity index (χ0v) is 10.5. The van der Waals surface area contributed by atoms with Crippen molar-refractivity contribution in [2.45, 2.75) is 39.0 Å². The van der Waals surface area contributed by atoms with Gasteiger partial charge in [0.1, 0.15) is 0 Å². The molecular weight excluding hydrogens is 268 g/mol. The van der Waals surface area contributed by atoms with Crippen LogP contribution in [0.2, 0.25) is 0 Å². The van der Waals surface area contributed by atoms with Gasteiger partial charge in [0.25, 0.3) is 0 Å². The van der Waals surface area contributed by atoms with E-state index in [1.807, 2.05) is 0 Å². The second-order valence-electron chi connectivity index (χ2n) is 2.96. The number of hydrogen-bond donors (Lipinski definition) is 0. The average Bonchev–Trinajstić information content (AvgIpc) is 2.01. The van der Waals surface area contributed by atoms with E-state index in [-0.39, 0.29) is 0 Å². The predicted molar refractivity (Wildman–Crippen MR) is 59.8 cm³/mol. The van der Waals surface area contributed by atoms with E-state index in [1.165, 1.54) is 32.1 Å². The van der Waals surface area contributed by atoms with E-state index in [0.29, 0.717) is 0 Å². The molecule has 0 aromatic rings. The molecule has 0 unspecified atom stereocenters. The lowest BCUT2D eigenvalue weighted by Gasteiger charge is -2.12. The van der Waals surface area contributed by atoms with Crippen molar-refractivity contribution in [2.75, 3.05) is 10.7 Å². The van der Waals surface area contributed by atoms with E-state index in [0.717, 1.165) is 16.6 Å². The van der Waals surface area contributed by atoms with E-state index in [2.05, 4.69) is 38.8 Å². The third-order valence-electron chi connectivity index (χ3n) is 2.00. The highest BCUT2D eigenvalue weighted by molar-refractivity contribution is 9.09. The summed E-state index contributed by atoms with van der Waals surface area (Å²) in [4.78, 5) is 0. The van der Waals surface area contributed by atoms with Crippen LogP contribution < -0.4 is 0 Å². The first-order chi connectivity index (χ1) is 5.35. The minimum absolute atomic E-state index is 0.939. The molecule has 68 valence electrons. The summed E-state index contributed by atoms with van der Waals surface area (Å²) in [6.07, 6.45) is 6.82. The summed E-state index contributed by atoms with van der Waals surface area (Å²) < 4.78 is 0. The van der Waals surface area contributed by atoms with Gasteiger partial charge in [-0.15, -0.1) is 0 Å². The molecule has 0 aromatic carbocycles. The van der Waals surface area contributed by atoms with Gasteiger partial charge in [-0.1, -0.05) is 58.0 Å². The van der Waals surface area contributed by atoms with Crippen LogP contribution in [-0.2, 0) is 0 Å². The summed E-state index contributed by atoms with van der Waals surface area (Å²) in [5.41, 5.74) is 0. The second-order valence-corrected chi connectivity index (χ2v) is 4.55. The standard InChI is InChI=1S/C9H18Br2/c1-2-3-4-9(5-7-10)6-8-11/h9H,2-8H2,1H3. The second kappa shape index (κ2) is 9.05. The van der Waals surface area contributed by atoms with Crippen LogP contribution in [0.1, 0.15) is 39.0 Å². The molecule has 0 bridgehead atoms. The molecule has 0 aliphatic heterocycles. The lowest BCUT2D eigenvalue weighted by Crippen LogP contribution is -2.01. The van der Waals surface area contributed by atoms with E-state index >= 15 is 0 Å². The van der Waals surface area contributed by atoms with Crippen molar-refractivity contribution in [3.05, 3.63) is 0 Å². The van der Waals surface area contributed by atoms with Gasteiger partial charge in [-0.05, 0) is 18.8 Å². The highest BCUT2D eigenvalue weighted by Crippen LogP contribution is 2.18. The van der Waals surface area contributed by atoms with Crippen molar-refractivity contribution in [3.63, 3.8) is 0 Å². The quantitative estimate of drug-likeness (QED) is 0.610. The molecule has 0 saturated carbocycles. The molecule has 0 heterocycles. The van der Waals surface area contributed by atoms with Gasteiger partial charge in [-0.3, -0.25) is 0 Å². The van der Waals surface area contributed by atoms with E-state index in [1.54, 1.807) is 0 Å². The van der Waals surface area contributed by atoms with Gasteiger partial charge in [0.2, 0.25) is 0 Å². The summed E-state index contributed by atoms with van der Waals surface area (Å²) >= 11 is 6.99. The molecule has 0 aromatic heterocycles. The Morgan fingerprint density at radius 3 is 1.91 bits per heavy atom. The normalized spacial score (nSPS) is 10.9. The largest absolute Gasteiger partial charge is 0.0928 e. The maximum absolute atomic E-state index is 3.50. The Labute approximate surface area is 87.4 Å². The summed E-state index contributed by atoms with van der Waals surface area (Å²) in [6, 6.07) is 0. The molecular formula is C9H18Br2. The number of halogens is 2. The van der Waals surface area contributed by atoms with Gasteiger partial charge >= 0.3 is 0 Å². The van der Waals surface area contributed by atoms with Crippen molar-refractivity contribution in [1.29, 1.82) is 0 Å². The zero-order chi connectivity index (χ0) is 8.53. The monoisotopic (exact) mass is 284 g/mol. The lowest BCUT2D eigenvalue weighted by molar-refractivity contribution is 0.446. The van der Waals surface area contributed by atoms with Gasteiger partial charge in [-0.25, -0.2) is 0 Å². The minimum atomic E-state index is 0.939. The van der Waals surface area contributed by atoms with Gasteiger partial charge in [0, 0.05) is 10.7 Å². The van der Waals surface area contributed by atoms with Crippen molar-refractivity contribution in [1.82, 2.24) is 0 Å². The SMILES string of the molecule is CCCCC(CCBr)CCBr. The van der Waals surface area contributed by atoms with Crippen molar-refractivity contribution >= 4 is 31.9 Å². The van der Waals surface area contributed by atoms with Gasteiger partial charge in [-0.2, -0.15) is 0 Å². The number of unbranched alkanes of at least 4 members (excludes halogenated alkanes) is 1. The van der Waals surface area contributed by atoms with Crippen LogP contribution in [0.4, 0.5) is 0 Å². The molecule has 0 aliphatic carbocycles. The van der Waals surface area contributed by atoms with Gasteiger partial charge < -0.3 is 0 Å². The lowest BCUT2D eigenvalue weighted by atomic mass is 9.97. The number of hydrogen-bond acceptors (Lipinski definition) is 0. The number of rotatable bonds is 7. The van der Waals surface area contributed by atoms with Crippen LogP contribution in [-0.4, -0.2) is 10.7 Å². The molecule has 0 N–H and O–H groups in total. The van der Waals surface area contributed by atoms with Gasteiger partial charge in [0.15, 0.2) is 0 Å². The molecule has 11 heavy (non-hydrogen) atoms. The Balaban J connectivity index is 3.34. The third kappa shape index (κ3) is 7.32. The topological polar surface area (TPSA) is 0 Å². The zero-order valence-electron chi connectivity index (χ0n) is 7.28. The van der Waals surface area contributed by atoms with E-state index < -0.39 is 0 Å². The summed E-state index contributed by atoms with van der Waals surface area (Å²) in [5.74, 6) is 0.939. The van der Waals surface area contributed by atoms with Crippen LogP contribution in [0.5, 0.6) is 0 Å². The fraction of sp³-hybridized carbons (Fsp3) is 1.00. The van der Waals surface area contributed by atoms with Crippen LogP contribution in [0.15, 0.2) is 0 Å². The van der Waals surface area contributed by atoms with Crippen molar-refractivity contribution in [2.24, 2.45) is 5.92 Å². The predicted octanol–water partition coefficient (Wildman–Crippen LogP) is 4.36. The van der Waals surface area contributed by atoms with Crippen molar-refractivity contribution in [3.8, 4) is 0 Å². The maximum Gasteiger partial charge on any atom is 0.00339 e. The average molecular weight is 286 g/mol. The van der Waals surface area contributed by atoms with Crippen LogP contribution in [0, 0.1) is 5.92 Å². The van der Waals surface area contributed by atoms with Crippen LogP contribution in [0.3, 0.4) is 0 Å². The van der Waals surface area contributed by atoms with Crippen LogP contribution in [0.25, 0.3) is 0 Å². The first-order valence-electron chi connectivity index (χ1n) is 4.47. The highest BCUT2D eigenvalue weighted by atomic mass is 79.9. The fourth-order valence-corrected chi connectivity index (χ4v) is 2.53. The third-order valence-corrected chi connectivity index (χ3v) is 2.92. The smallest absolute Gasteiger partial charge is 0.00339 e. The summed E-state index contributed by atoms with van der Waals surface area (Å²) in [7, 11) is 0. The Kier molecular flexibility index (Phi) is 9.84. The summed E-state index contributed by atoms with van der Waals surface area (Å²) in [6.45, 7) is 2.26. The Hall–Kier alpha value is 0.960. The van der Waals surface area contributed by atoms with Gasteiger partial charge in [0.05, 0.1) is 0 Å². The molecule has 0 spiro atoms. The van der Waals surface area contributed by atoms with Crippen molar-refractivity contribution < 1.29 is 0 Å². The molecule has 0 radical (unpaired) electrons. The molecule has 0 saturated heterocycles. The molecule has 0 aliphatic rings. The Morgan fingerprint density at radius 2 is 1.55 bits per heavy atom. The first-order valence-corrected chi connectivity index (χ1v) is 6.71. The Bertz CT molecular complexity index is 68.0. The Morgan fingerprint density at radius 1 is 1.00 bits per heavy atom. The molecule has 0 fully saturated rings. The highest BCUT2D eigenvalue weighted by Gasteiger charge is 2.05. The molecule has 0 amide bonds. The van der Waals surface area contributed by atoms with E-state index in [9.17, 15) is 0 Å². The fourth-order valence-electron chi connectivity index (χ4n) is 1.23.